The van der Waals surface area contributed by atoms with Crippen molar-refractivity contribution in [2.75, 3.05) is 6.61 Å². The van der Waals surface area contributed by atoms with Crippen molar-refractivity contribution >= 4 is 11.7 Å². The highest BCUT2D eigenvalue weighted by Gasteiger charge is 2.22. The molecule has 1 aromatic heterocycles. The van der Waals surface area contributed by atoms with E-state index in [1.165, 1.54) is 35.3 Å². The molecule has 0 spiro atoms. The lowest BCUT2D eigenvalue weighted by atomic mass is 10.1. The van der Waals surface area contributed by atoms with Crippen molar-refractivity contribution in [3.05, 3.63) is 51.8 Å². The van der Waals surface area contributed by atoms with Crippen molar-refractivity contribution in [3.8, 4) is 11.8 Å². The number of esters is 1. The Kier molecular flexibility index (Phi) is 3.95. The molecule has 0 amide bonds. The average Bonchev–Trinajstić information content (AvgIpc) is 2.96. The van der Waals surface area contributed by atoms with Crippen LogP contribution in [0.15, 0.2) is 30.6 Å². The summed E-state index contributed by atoms with van der Waals surface area (Å²) < 4.78 is 5.99. The Balaban J connectivity index is 2.51. The summed E-state index contributed by atoms with van der Waals surface area (Å²) in [5, 5.41) is 24.0. The number of nitro groups is 1. The fourth-order valence-electron chi connectivity index (χ4n) is 1.77. The van der Waals surface area contributed by atoms with Gasteiger partial charge in [0.1, 0.15) is 17.3 Å². The van der Waals surface area contributed by atoms with E-state index in [0.717, 1.165) is 0 Å². The number of carbonyl (C=O) groups excluding carboxylic acids is 1. The summed E-state index contributed by atoms with van der Waals surface area (Å²) in [6.45, 7) is 1.89. The van der Waals surface area contributed by atoms with Gasteiger partial charge in [-0.1, -0.05) is 6.07 Å². The van der Waals surface area contributed by atoms with Gasteiger partial charge in [-0.3, -0.25) is 10.1 Å². The third-order valence-electron chi connectivity index (χ3n) is 2.66. The summed E-state index contributed by atoms with van der Waals surface area (Å²) in [5.41, 5.74) is -0.160. The number of carbonyl (C=O) groups is 1. The molecule has 1 aromatic carbocycles. The van der Waals surface area contributed by atoms with Crippen LogP contribution < -0.4 is 0 Å². The SMILES string of the molecule is CCOC(=O)c1cnn(-c2cccc(C#N)c2[N+](=O)[O-])c1. The van der Waals surface area contributed by atoms with Crippen molar-refractivity contribution in [2.24, 2.45) is 0 Å². The Hall–Kier alpha value is -3.21. The molecule has 0 bridgehead atoms. The third-order valence-corrected chi connectivity index (χ3v) is 2.66. The number of ether oxygens (including phenoxy) is 1. The molecule has 8 nitrogen and oxygen atoms in total. The largest absolute Gasteiger partial charge is 0.462 e. The number of nitrogens with zero attached hydrogens (tertiary/aromatic N) is 4. The van der Waals surface area contributed by atoms with Crippen molar-refractivity contribution in [3.63, 3.8) is 0 Å². The molecule has 0 atom stereocenters. The molecule has 0 unspecified atom stereocenters. The lowest BCUT2D eigenvalue weighted by molar-refractivity contribution is -0.384. The van der Waals surface area contributed by atoms with Crippen molar-refractivity contribution in [1.82, 2.24) is 9.78 Å². The van der Waals surface area contributed by atoms with Gasteiger partial charge in [0.15, 0.2) is 0 Å². The highest BCUT2D eigenvalue weighted by atomic mass is 16.6. The number of hydrogen-bond donors (Lipinski definition) is 0. The minimum absolute atomic E-state index is 0.0781. The van der Waals surface area contributed by atoms with Crippen LogP contribution in [-0.2, 0) is 4.74 Å². The molecule has 1 heterocycles. The van der Waals surface area contributed by atoms with Crippen LogP contribution in [0.1, 0.15) is 22.8 Å². The van der Waals surface area contributed by atoms with Crippen LogP contribution in [0.2, 0.25) is 0 Å². The van der Waals surface area contributed by atoms with Crippen LogP contribution in [0.3, 0.4) is 0 Å². The van der Waals surface area contributed by atoms with Gasteiger partial charge in [-0.05, 0) is 19.1 Å². The summed E-state index contributed by atoms with van der Waals surface area (Å²) in [6.07, 6.45) is 2.57. The van der Waals surface area contributed by atoms with Crippen LogP contribution in [0.25, 0.3) is 5.69 Å². The van der Waals surface area contributed by atoms with E-state index in [4.69, 9.17) is 10.00 Å². The van der Waals surface area contributed by atoms with Crippen LogP contribution in [0.5, 0.6) is 0 Å². The molecule has 0 aliphatic carbocycles. The molecule has 21 heavy (non-hydrogen) atoms. The smallest absolute Gasteiger partial charge is 0.341 e. The number of nitriles is 1. The predicted molar refractivity (Wildman–Crippen MR) is 70.9 cm³/mol. The molecular formula is C13H10N4O4. The molecule has 0 saturated heterocycles. The van der Waals surface area contributed by atoms with Gasteiger partial charge in [0.05, 0.1) is 23.3 Å². The highest BCUT2D eigenvalue weighted by Crippen LogP contribution is 2.26. The Morgan fingerprint density at radius 2 is 2.33 bits per heavy atom. The molecule has 0 aliphatic rings. The molecule has 2 aromatic rings. The lowest BCUT2D eigenvalue weighted by Crippen LogP contribution is -2.04. The number of aromatic nitrogens is 2. The van der Waals surface area contributed by atoms with Crippen molar-refractivity contribution in [2.45, 2.75) is 6.92 Å². The average molecular weight is 286 g/mol. The molecule has 0 fully saturated rings. The van der Waals surface area contributed by atoms with Gasteiger partial charge in [0.25, 0.3) is 0 Å². The maximum absolute atomic E-state index is 11.6. The highest BCUT2D eigenvalue weighted by molar-refractivity contribution is 5.88. The van der Waals surface area contributed by atoms with E-state index in [2.05, 4.69) is 5.10 Å². The summed E-state index contributed by atoms with van der Waals surface area (Å²) in [7, 11) is 0. The Morgan fingerprint density at radius 1 is 1.57 bits per heavy atom. The van der Waals surface area contributed by atoms with Gasteiger partial charge in [0, 0.05) is 6.20 Å². The zero-order valence-corrected chi connectivity index (χ0v) is 11.0. The van der Waals surface area contributed by atoms with E-state index >= 15 is 0 Å². The number of nitro benzene ring substituents is 1. The van der Waals surface area contributed by atoms with Crippen LogP contribution >= 0.6 is 0 Å². The summed E-state index contributed by atoms with van der Waals surface area (Å²) in [5.74, 6) is -0.567. The first-order chi connectivity index (χ1) is 10.1. The van der Waals surface area contributed by atoms with E-state index in [0.29, 0.717) is 0 Å². The van der Waals surface area contributed by atoms with Gasteiger partial charge in [0.2, 0.25) is 0 Å². The zero-order chi connectivity index (χ0) is 15.4. The number of benzene rings is 1. The Labute approximate surface area is 119 Å². The lowest BCUT2D eigenvalue weighted by Gasteiger charge is -2.03. The van der Waals surface area contributed by atoms with E-state index in [1.807, 2.05) is 0 Å². The number of rotatable bonds is 4. The molecule has 0 saturated carbocycles. The van der Waals surface area contributed by atoms with E-state index in [-0.39, 0.29) is 29.1 Å². The van der Waals surface area contributed by atoms with Gasteiger partial charge in [-0.25, -0.2) is 9.48 Å². The van der Waals surface area contributed by atoms with E-state index in [9.17, 15) is 14.9 Å². The van der Waals surface area contributed by atoms with Crippen LogP contribution in [-0.4, -0.2) is 27.3 Å². The first-order valence-corrected chi connectivity index (χ1v) is 5.98. The normalized spacial score (nSPS) is 9.90. The maximum Gasteiger partial charge on any atom is 0.341 e. The van der Waals surface area contributed by atoms with Crippen molar-refractivity contribution in [1.29, 1.82) is 5.26 Å². The quantitative estimate of drug-likeness (QED) is 0.481. The topological polar surface area (TPSA) is 111 Å². The second-order valence-electron chi connectivity index (χ2n) is 3.94. The molecule has 0 radical (unpaired) electrons. The second-order valence-corrected chi connectivity index (χ2v) is 3.94. The minimum Gasteiger partial charge on any atom is -0.462 e. The Morgan fingerprint density at radius 3 is 2.95 bits per heavy atom. The second kappa shape index (κ2) is 5.83. The summed E-state index contributed by atoms with van der Waals surface area (Å²) in [6, 6.07) is 6.06. The molecule has 8 heteroatoms. The maximum atomic E-state index is 11.6. The predicted octanol–water partition coefficient (Wildman–Crippen LogP) is 1.83. The van der Waals surface area contributed by atoms with Gasteiger partial charge in [-0.15, -0.1) is 0 Å². The molecule has 106 valence electrons. The van der Waals surface area contributed by atoms with E-state index < -0.39 is 10.9 Å². The van der Waals surface area contributed by atoms with Crippen LogP contribution in [0.4, 0.5) is 5.69 Å². The molecule has 2 rings (SSSR count). The number of para-hydroxylation sites is 1. The fourth-order valence-corrected chi connectivity index (χ4v) is 1.77. The Bertz CT molecular complexity index is 745. The molecule has 0 aliphatic heterocycles. The fraction of sp³-hybridized carbons (Fsp3) is 0.154. The minimum atomic E-state index is -0.653. The standard InChI is InChI=1S/C13H10N4O4/c1-2-21-13(18)10-7-15-16(8-10)11-5-3-4-9(6-14)12(11)17(19)20/h3-5,7-8H,2H2,1H3. The summed E-state index contributed by atoms with van der Waals surface area (Å²) in [4.78, 5) is 22.1. The van der Waals surface area contributed by atoms with Gasteiger partial charge >= 0.3 is 11.7 Å². The zero-order valence-electron chi connectivity index (χ0n) is 11.0. The monoisotopic (exact) mass is 286 g/mol. The van der Waals surface area contributed by atoms with Gasteiger partial charge < -0.3 is 4.74 Å². The molecular weight excluding hydrogens is 276 g/mol. The first-order valence-electron chi connectivity index (χ1n) is 5.98. The van der Waals surface area contributed by atoms with Gasteiger partial charge in [-0.2, -0.15) is 10.4 Å². The third kappa shape index (κ3) is 2.71. The first kappa shape index (κ1) is 14.2. The molecule has 0 N–H and O–H groups in total. The summed E-state index contributed by atoms with van der Waals surface area (Å²) >= 11 is 0. The van der Waals surface area contributed by atoms with Crippen molar-refractivity contribution < 1.29 is 14.5 Å². The number of hydrogen-bond acceptors (Lipinski definition) is 6. The van der Waals surface area contributed by atoms with Crippen LogP contribution in [0, 0.1) is 21.4 Å². The van der Waals surface area contributed by atoms with E-state index in [1.54, 1.807) is 13.0 Å².